The van der Waals surface area contributed by atoms with E-state index in [1.807, 2.05) is 67.6 Å². The lowest BCUT2D eigenvalue weighted by molar-refractivity contribution is 0.477. The molecule has 5 rings (SSSR count). The van der Waals surface area contributed by atoms with Crippen LogP contribution >= 0.6 is 11.6 Å². The SMILES string of the molecule is Cc1ccc(-c2cnc3c(-c4ccc(Cl)cc4)c(Cc4ccccc4)[nH]n3c2=O)c(O)c1. The highest BCUT2D eigenvalue weighted by Crippen LogP contribution is 2.32. The Kier molecular flexibility index (Phi) is 5.04. The first kappa shape index (κ1) is 20.1. The Balaban J connectivity index is 1.74. The number of aryl methyl sites for hydroxylation is 1. The molecule has 0 aliphatic rings. The molecule has 0 spiro atoms. The van der Waals surface area contributed by atoms with E-state index in [2.05, 4.69) is 10.1 Å². The molecule has 0 radical (unpaired) electrons. The number of halogens is 1. The summed E-state index contributed by atoms with van der Waals surface area (Å²) >= 11 is 6.10. The lowest BCUT2D eigenvalue weighted by Gasteiger charge is -2.06. The van der Waals surface area contributed by atoms with Crippen molar-refractivity contribution < 1.29 is 5.11 Å². The Morgan fingerprint density at radius 2 is 1.75 bits per heavy atom. The van der Waals surface area contributed by atoms with Gasteiger partial charge in [-0.3, -0.25) is 9.89 Å². The minimum absolute atomic E-state index is 0.0536. The third kappa shape index (κ3) is 3.57. The molecule has 0 atom stereocenters. The molecule has 0 aliphatic heterocycles. The van der Waals surface area contributed by atoms with Crippen LogP contribution in [0.5, 0.6) is 5.75 Å². The van der Waals surface area contributed by atoms with Gasteiger partial charge in [0.15, 0.2) is 5.65 Å². The van der Waals surface area contributed by atoms with Gasteiger partial charge in [0.1, 0.15) is 5.75 Å². The molecule has 2 heterocycles. The van der Waals surface area contributed by atoms with Crippen molar-refractivity contribution in [3.63, 3.8) is 0 Å². The zero-order valence-electron chi connectivity index (χ0n) is 17.3. The number of nitrogens with zero attached hydrogens (tertiary/aromatic N) is 2. The zero-order valence-corrected chi connectivity index (χ0v) is 18.1. The maximum atomic E-state index is 13.4. The molecule has 0 fully saturated rings. The van der Waals surface area contributed by atoms with E-state index in [0.29, 0.717) is 28.2 Å². The highest BCUT2D eigenvalue weighted by Gasteiger charge is 2.19. The third-order valence-corrected chi connectivity index (χ3v) is 5.79. The van der Waals surface area contributed by atoms with Crippen molar-refractivity contribution in [1.29, 1.82) is 0 Å². The fourth-order valence-corrected chi connectivity index (χ4v) is 4.09. The highest BCUT2D eigenvalue weighted by molar-refractivity contribution is 6.30. The van der Waals surface area contributed by atoms with Gasteiger partial charge in [0.2, 0.25) is 0 Å². The third-order valence-electron chi connectivity index (χ3n) is 5.53. The zero-order chi connectivity index (χ0) is 22.2. The quantitative estimate of drug-likeness (QED) is 0.380. The lowest BCUT2D eigenvalue weighted by Crippen LogP contribution is -2.17. The predicted octanol–water partition coefficient (Wildman–Crippen LogP) is 5.61. The van der Waals surface area contributed by atoms with Crippen LogP contribution < -0.4 is 5.56 Å². The summed E-state index contributed by atoms with van der Waals surface area (Å²) in [5.41, 5.74) is 5.69. The number of hydrogen-bond donors (Lipinski definition) is 2. The first-order valence-corrected chi connectivity index (χ1v) is 10.6. The van der Waals surface area contributed by atoms with Crippen molar-refractivity contribution in [2.75, 3.05) is 0 Å². The molecule has 2 aromatic heterocycles. The fourth-order valence-electron chi connectivity index (χ4n) is 3.96. The minimum Gasteiger partial charge on any atom is -0.507 e. The fraction of sp³-hybridized carbons (Fsp3) is 0.0769. The number of fused-ring (bicyclic) bond motifs is 1. The molecule has 0 saturated carbocycles. The Morgan fingerprint density at radius 1 is 1.00 bits per heavy atom. The molecule has 5 aromatic rings. The van der Waals surface area contributed by atoms with Crippen LogP contribution in [0, 0.1) is 6.92 Å². The van der Waals surface area contributed by atoms with Crippen LogP contribution in [0.25, 0.3) is 27.9 Å². The van der Waals surface area contributed by atoms with Gasteiger partial charge in [-0.15, -0.1) is 0 Å². The smallest absolute Gasteiger partial charge is 0.280 e. The van der Waals surface area contributed by atoms with E-state index in [1.165, 1.54) is 10.7 Å². The highest BCUT2D eigenvalue weighted by atomic mass is 35.5. The molecule has 5 nitrogen and oxygen atoms in total. The maximum absolute atomic E-state index is 13.4. The average molecular weight is 442 g/mol. The van der Waals surface area contributed by atoms with Gasteiger partial charge < -0.3 is 5.11 Å². The Hall–Kier alpha value is -3.83. The van der Waals surface area contributed by atoms with Crippen molar-refractivity contribution in [3.05, 3.63) is 111 Å². The molecule has 2 N–H and O–H groups in total. The van der Waals surface area contributed by atoms with Gasteiger partial charge in [0.05, 0.1) is 5.56 Å². The van der Waals surface area contributed by atoms with Gasteiger partial charge in [0, 0.05) is 34.5 Å². The number of aromatic amines is 1. The number of rotatable bonds is 4. The van der Waals surface area contributed by atoms with Crippen LogP contribution in [0.1, 0.15) is 16.8 Å². The summed E-state index contributed by atoms with van der Waals surface area (Å²) in [4.78, 5) is 18.1. The van der Waals surface area contributed by atoms with Crippen LogP contribution in [0.4, 0.5) is 0 Å². The second-order valence-corrected chi connectivity index (χ2v) is 8.23. The number of H-pyrrole nitrogens is 1. The van der Waals surface area contributed by atoms with Crippen LogP contribution in [0.3, 0.4) is 0 Å². The summed E-state index contributed by atoms with van der Waals surface area (Å²) in [6.07, 6.45) is 2.13. The van der Waals surface area contributed by atoms with E-state index in [4.69, 9.17) is 11.6 Å². The van der Waals surface area contributed by atoms with Crippen molar-refractivity contribution in [3.8, 4) is 28.0 Å². The van der Waals surface area contributed by atoms with Gasteiger partial charge in [-0.2, -0.15) is 0 Å². The van der Waals surface area contributed by atoms with E-state index in [-0.39, 0.29) is 11.3 Å². The van der Waals surface area contributed by atoms with E-state index in [0.717, 1.165) is 27.9 Å². The van der Waals surface area contributed by atoms with Gasteiger partial charge in [-0.25, -0.2) is 9.50 Å². The van der Waals surface area contributed by atoms with Crippen LogP contribution in [-0.4, -0.2) is 19.7 Å². The van der Waals surface area contributed by atoms with Crippen LogP contribution in [0.15, 0.2) is 83.8 Å². The summed E-state index contributed by atoms with van der Waals surface area (Å²) in [5.74, 6) is 0.0536. The normalized spacial score (nSPS) is 11.2. The Bertz CT molecular complexity index is 1490. The Morgan fingerprint density at radius 3 is 2.47 bits per heavy atom. The number of hydrogen-bond acceptors (Lipinski definition) is 3. The second kappa shape index (κ2) is 8.02. The molecular weight excluding hydrogens is 422 g/mol. The van der Waals surface area contributed by atoms with E-state index in [9.17, 15) is 9.90 Å². The average Bonchev–Trinajstić information content (AvgIpc) is 3.15. The van der Waals surface area contributed by atoms with Crippen LogP contribution in [-0.2, 0) is 6.42 Å². The largest absolute Gasteiger partial charge is 0.507 e. The summed E-state index contributed by atoms with van der Waals surface area (Å²) in [6, 6.07) is 22.8. The molecule has 0 saturated heterocycles. The second-order valence-electron chi connectivity index (χ2n) is 7.79. The number of benzene rings is 3. The number of nitrogens with one attached hydrogen (secondary N) is 1. The van der Waals surface area contributed by atoms with E-state index >= 15 is 0 Å². The number of phenolic OH excluding ortho intramolecular Hbond substituents is 1. The summed E-state index contributed by atoms with van der Waals surface area (Å²) in [5, 5.41) is 14.3. The molecule has 0 amide bonds. The molecule has 32 heavy (non-hydrogen) atoms. The summed E-state index contributed by atoms with van der Waals surface area (Å²) in [6.45, 7) is 1.89. The van der Waals surface area contributed by atoms with E-state index in [1.54, 1.807) is 12.1 Å². The van der Waals surface area contributed by atoms with Crippen molar-refractivity contribution in [2.45, 2.75) is 13.3 Å². The maximum Gasteiger partial charge on any atom is 0.280 e. The van der Waals surface area contributed by atoms with Crippen molar-refractivity contribution in [1.82, 2.24) is 14.6 Å². The van der Waals surface area contributed by atoms with Gasteiger partial charge >= 0.3 is 0 Å². The standard InChI is InChI=1S/C26H20ClN3O2/c1-16-7-12-20(23(31)13-16)21-15-28-25-24(18-8-10-19(27)11-9-18)22(29-30(25)26(21)32)14-17-5-3-2-4-6-17/h2-13,15,29,31H,14H2,1H3. The van der Waals surface area contributed by atoms with Crippen LogP contribution in [0.2, 0.25) is 5.02 Å². The first-order valence-electron chi connectivity index (χ1n) is 10.2. The molecule has 158 valence electrons. The van der Waals surface area contributed by atoms with Gasteiger partial charge in [-0.05, 0) is 41.8 Å². The number of phenols is 1. The van der Waals surface area contributed by atoms with Gasteiger partial charge in [-0.1, -0.05) is 66.2 Å². The topological polar surface area (TPSA) is 70.4 Å². The number of aromatic hydroxyl groups is 1. The predicted molar refractivity (Wildman–Crippen MR) is 127 cm³/mol. The molecule has 0 unspecified atom stereocenters. The molecule has 0 aliphatic carbocycles. The molecule has 3 aromatic carbocycles. The lowest BCUT2D eigenvalue weighted by atomic mass is 10.0. The molecule has 0 bridgehead atoms. The monoisotopic (exact) mass is 441 g/mol. The summed E-state index contributed by atoms with van der Waals surface area (Å²) in [7, 11) is 0. The van der Waals surface area contributed by atoms with Crippen molar-refractivity contribution >= 4 is 17.2 Å². The molecular formula is C26H20ClN3O2. The minimum atomic E-state index is -0.274. The van der Waals surface area contributed by atoms with E-state index < -0.39 is 0 Å². The summed E-state index contributed by atoms with van der Waals surface area (Å²) < 4.78 is 1.46. The first-order chi connectivity index (χ1) is 15.5. The Labute approximate surface area is 189 Å². The van der Waals surface area contributed by atoms with Gasteiger partial charge in [0.25, 0.3) is 5.56 Å². The number of aromatic nitrogens is 3. The van der Waals surface area contributed by atoms with Crippen molar-refractivity contribution in [2.24, 2.45) is 0 Å². The molecule has 6 heteroatoms.